The molecule has 0 aliphatic heterocycles. The van der Waals surface area contributed by atoms with Crippen molar-refractivity contribution >= 4 is 35.5 Å². The summed E-state index contributed by atoms with van der Waals surface area (Å²) in [5.41, 5.74) is 0. The molecule has 0 aliphatic carbocycles. The molecular formula is C28H24O2P2. The molecule has 0 radical (unpaired) electrons. The first-order chi connectivity index (χ1) is 15.6. The number of allylic oxidation sites excluding steroid dienone is 2. The Labute approximate surface area is 189 Å². The Morgan fingerprint density at radius 3 is 0.812 bits per heavy atom. The van der Waals surface area contributed by atoms with Crippen molar-refractivity contribution in [3.05, 3.63) is 145 Å². The van der Waals surface area contributed by atoms with E-state index in [2.05, 4.69) is 0 Å². The topological polar surface area (TPSA) is 34.1 Å². The van der Waals surface area contributed by atoms with Gasteiger partial charge in [0.1, 0.15) is 0 Å². The zero-order valence-electron chi connectivity index (χ0n) is 17.6. The number of benzene rings is 4. The van der Waals surface area contributed by atoms with Crippen LogP contribution in [0.25, 0.3) is 0 Å². The van der Waals surface area contributed by atoms with Gasteiger partial charge in [0.25, 0.3) is 0 Å². The molecule has 32 heavy (non-hydrogen) atoms. The molecule has 0 spiro atoms. The standard InChI is InChI=1S/C28H24O2P2/c29-31(25-15-5-1-6-16-25,26-17-7-2-8-18-26)23-13-14-24-32(30,27-19-9-3-10-20-27)28-21-11-4-12-22-28/h1-24H. The molecule has 2 nitrogen and oxygen atoms in total. The van der Waals surface area contributed by atoms with Gasteiger partial charge in [-0.3, -0.25) is 0 Å². The number of hydrogen-bond acceptors (Lipinski definition) is 2. The largest absolute Gasteiger partial charge is 0.309 e. The van der Waals surface area contributed by atoms with E-state index in [0.717, 1.165) is 21.2 Å². The average Bonchev–Trinajstić information content (AvgIpc) is 2.88. The lowest BCUT2D eigenvalue weighted by molar-refractivity contribution is 0.591. The molecule has 0 aliphatic rings. The quantitative estimate of drug-likeness (QED) is 0.252. The molecule has 0 unspecified atom stereocenters. The van der Waals surface area contributed by atoms with E-state index in [1.165, 1.54) is 0 Å². The number of rotatable bonds is 7. The fourth-order valence-electron chi connectivity index (χ4n) is 3.58. The van der Waals surface area contributed by atoms with Gasteiger partial charge in [0.2, 0.25) is 0 Å². The molecule has 0 aromatic heterocycles. The van der Waals surface area contributed by atoms with Crippen LogP contribution in [0.4, 0.5) is 0 Å². The van der Waals surface area contributed by atoms with Crippen LogP contribution >= 0.6 is 14.3 Å². The molecule has 0 amide bonds. The molecular weight excluding hydrogens is 430 g/mol. The Hall–Kier alpha value is -3.18. The van der Waals surface area contributed by atoms with Crippen LogP contribution in [0.2, 0.25) is 0 Å². The van der Waals surface area contributed by atoms with Gasteiger partial charge in [0.05, 0.1) is 0 Å². The maximum atomic E-state index is 14.1. The van der Waals surface area contributed by atoms with Crippen molar-refractivity contribution < 1.29 is 9.13 Å². The van der Waals surface area contributed by atoms with Crippen molar-refractivity contribution in [1.29, 1.82) is 0 Å². The minimum absolute atomic E-state index is 0.769. The van der Waals surface area contributed by atoms with E-state index in [9.17, 15) is 9.13 Å². The van der Waals surface area contributed by atoms with Gasteiger partial charge in [-0.25, -0.2) is 0 Å². The molecule has 0 bridgehead atoms. The minimum atomic E-state index is -2.97. The van der Waals surface area contributed by atoms with E-state index >= 15 is 0 Å². The summed E-state index contributed by atoms with van der Waals surface area (Å²) in [7, 11) is -5.94. The van der Waals surface area contributed by atoms with Gasteiger partial charge in [-0.2, -0.15) is 0 Å². The monoisotopic (exact) mass is 454 g/mol. The zero-order valence-corrected chi connectivity index (χ0v) is 19.4. The van der Waals surface area contributed by atoms with Crippen LogP contribution in [0.15, 0.2) is 145 Å². The Bertz CT molecular complexity index is 1100. The molecule has 0 heterocycles. The van der Waals surface area contributed by atoms with Crippen LogP contribution in [0.1, 0.15) is 0 Å². The Balaban J connectivity index is 1.73. The summed E-state index contributed by atoms with van der Waals surface area (Å²) < 4.78 is 28.2. The highest BCUT2D eigenvalue weighted by molar-refractivity contribution is 7.82. The van der Waals surface area contributed by atoms with Gasteiger partial charge in [-0.05, 0) is 11.6 Å². The van der Waals surface area contributed by atoms with Crippen LogP contribution < -0.4 is 21.2 Å². The summed E-state index contributed by atoms with van der Waals surface area (Å²) in [6, 6.07) is 37.9. The van der Waals surface area contributed by atoms with Crippen molar-refractivity contribution in [3.63, 3.8) is 0 Å². The summed E-state index contributed by atoms with van der Waals surface area (Å²) in [5, 5.41) is 3.07. The first-order valence-corrected chi connectivity index (χ1v) is 14.0. The lowest BCUT2D eigenvalue weighted by Crippen LogP contribution is -2.14. The molecule has 0 saturated heterocycles. The third-order valence-electron chi connectivity index (χ3n) is 5.26. The Morgan fingerprint density at radius 1 is 0.375 bits per heavy atom. The van der Waals surface area contributed by atoms with Crippen LogP contribution in [0, 0.1) is 0 Å². The van der Waals surface area contributed by atoms with E-state index in [1.807, 2.05) is 121 Å². The second-order valence-electron chi connectivity index (χ2n) is 7.34. The third-order valence-corrected chi connectivity index (χ3v) is 10.7. The Morgan fingerprint density at radius 2 is 0.594 bits per heavy atom. The van der Waals surface area contributed by atoms with E-state index in [0.29, 0.717) is 0 Å². The van der Waals surface area contributed by atoms with Crippen LogP contribution in [0.3, 0.4) is 0 Å². The highest BCUT2D eigenvalue weighted by atomic mass is 31.2. The van der Waals surface area contributed by atoms with Crippen molar-refractivity contribution in [2.45, 2.75) is 0 Å². The first kappa shape index (κ1) is 22.0. The summed E-state index contributed by atoms with van der Waals surface area (Å²) in [6.45, 7) is 0. The number of hydrogen-bond donors (Lipinski definition) is 0. The second-order valence-corrected chi connectivity index (χ2v) is 12.6. The van der Waals surface area contributed by atoms with Crippen molar-refractivity contribution in [2.24, 2.45) is 0 Å². The lowest BCUT2D eigenvalue weighted by atomic mass is 10.4. The molecule has 4 heteroatoms. The second kappa shape index (κ2) is 9.96. The van der Waals surface area contributed by atoms with Crippen molar-refractivity contribution in [1.82, 2.24) is 0 Å². The van der Waals surface area contributed by atoms with E-state index in [-0.39, 0.29) is 0 Å². The average molecular weight is 454 g/mol. The maximum Gasteiger partial charge on any atom is 0.164 e. The van der Waals surface area contributed by atoms with E-state index in [4.69, 9.17) is 0 Å². The van der Waals surface area contributed by atoms with Crippen LogP contribution in [-0.4, -0.2) is 0 Å². The van der Waals surface area contributed by atoms with Crippen molar-refractivity contribution in [3.8, 4) is 0 Å². The van der Waals surface area contributed by atoms with Gasteiger partial charge in [-0.1, -0.05) is 133 Å². The normalized spacial score (nSPS) is 12.4. The van der Waals surface area contributed by atoms with E-state index < -0.39 is 14.3 Å². The molecule has 0 N–H and O–H groups in total. The predicted molar refractivity (Wildman–Crippen MR) is 138 cm³/mol. The molecule has 0 atom stereocenters. The predicted octanol–water partition coefficient (Wildman–Crippen LogP) is 6.04. The lowest BCUT2D eigenvalue weighted by Gasteiger charge is -2.16. The fourth-order valence-corrected chi connectivity index (χ4v) is 8.01. The summed E-state index contributed by atoms with van der Waals surface area (Å²) in [6.07, 6.45) is 3.53. The van der Waals surface area contributed by atoms with Crippen molar-refractivity contribution in [2.75, 3.05) is 0 Å². The molecule has 4 aromatic rings. The molecule has 4 rings (SSSR count). The minimum Gasteiger partial charge on any atom is -0.309 e. The van der Waals surface area contributed by atoms with Gasteiger partial charge in [-0.15, -0.1) is 0 Å². The first-order valence-electron chi connectivity index (χ1n) is 10.4. The molecule has 4 aromatic carbocycles. The highest BCUT2D eigenvalue weighted by Gasteiger charge is 2.25. The van der Waals surface area contributed by atoms with Gasteiger partial charge >= 0.3 is 0 Å². The summed E-state index contributed by atoms with van der Waals surface area (Å²) in [5.74, 6) is 3.49. The van der Waals surface area contributed by atoms with Gasteiger partial charge in [0.15, 0.2) is 14.3 Å². The van der Waals surface area contributed by atoms with Gasteiger partial charge < -0.3 is 9.13 Å². The fraction of sp³-hybridized carbons (Fsp3) is 0. The molecule has 158 valence electrons. The Kier molecular flexibility index (Phi) is 6.86. The maximum absolute atomic E-state index is 14.1. The SMILES string of the molecule is O=P(C=CC=CP(=O)(c1ccccc1)c1ccccc1)(c1ccccc1)c1ccccc1. The zero-order chi connectivity index (χ0) is 22.3. The van der Waals surface area contributed by atoms with Gasteiger partial charge in [0, 0.05) is 21.2 Å². The summed E-state index contributed by atoms with van der Waals surface area (Å²) >= 11 is 0. The molecule has 0 fully saturated rings. The van der Waals surface area contributed by atoms with E-state index in [1.54, 1.807) is 23.8 Å². The summed E-state index contributed by atoms with van der Waals surface area (Å²) in [4.78, 5) is 0. The highest BCUT2D eigenvalue weighted by Crippen LogP contribution is 2.47. The van der Waals surface area contributed by atoms with Crippen LogP contribution in [0.5, 0.6) is 0 Å². The smallest absolute Gasteiger partial charge is 0.164 e. The molecule has 0 saturated carbocycles. The van der Waals surface area contributed by atoms with Crippen LogP contribution in [-0.2, 0) is 9.13 Å². The third kappa shape index (κ3) is 4.68.